The monoisotopic (exact) mass is 248 g/mol. The van der Waals surface area contributed by atoms with E-state index in [1.54, 1.807) is 0 Å². The zero-order valence-corrected chi connectivity index (χ0v) is 11.7. The standard InChI is InChI=1S/C17H28O/c18-17-7-5-15-10-13-3-1-2-4-14(9-13)11-16(12-15)6-8-17/h13-16H,1-12H2/t13-,14-,15-,16+/m0/s1. The van der Waals surface area contributed by atoms with Gasteiger partial charge in [-0.05, 0) is 62.2 Å². The Labute approximate surface area is 112 Å². The molecule has 3 aliphatic rings. The van der Waals surface area contributed by atoms with Gasteiger partial charge in [0, 0.05) is 12.8 Å². The quantitative estimate of drug-likeness (QED) is 0.605. The first-order chi connectivity index (χ1) is 8.79. The molecule has 0 aromatic carbocycles. The molecule has 1 nitrogen and oxygen atoms in total. The summed E-state index contributed by atoms with van der Waals surface area (Å²) in [5.74, 6) is 4.30. The Morgan fingerprint density at radius 1 is 0.611 bits per heavy atom. The Balaban J connectivity index is 1.73. The van der Waals surface area contributed by atoms with Crippen molar-refractivity contribution in [2.24, 2.45) is 23.7 Å². The minimum atomic E-state index is 0.549. The Hall–Kier alpha value is -0.330. The van der Waals surface area contributed by atoms with Crippen molar-refractivity contribution in [3.63, 3.8) is 0 Å². The van der Waals surface area contributed by atoms with Crippen LogP contribution < -0.4 is 0 Å². The van der Waals surface area contributed by atoms with Crippen molar-refractivity contribution in [2.45, 2.75) is 77.0 Å². The van der Waals surface area contributed by atoms with Gasteiger partial charge >= 0.3 is 0 Å². The highest BCUT2D eigenvalue weighted by molar-refractivity contribution is 5.78. The highest BCUT2D eigenvalue weighted by Crippen LogP contribution is 2.43. The molecule has 3 fully saturated rings. The third-order valence-corrected chi connectivity index (χ3v) is 5.80. The summed E-state index contributed by atoms with van der Waals surface area (Å²) in [4.78, 5) is 11.8. The molecule has 3 aliphatic carbocycles. The van der Waals surface area contributed by atoms with Gasteiger partial charge < -0.3 is 0 Å². The second-order valence-corrected chi connectivity index (χ2v) is 7.31. The largest absolute Gasteiger partial charge is 0.300 e. The number of rotatable bonds is 0. The molecule has 3 saturated carbocycles. The zero-order chi connectivity index (χ0) is 12.4. The Morgan fingerprint density at radius 3 is 1.44 bits per heavy atom. The van der Waals surface area contributed by atoms with E-state index in [2.05, 4.69) is 0 Å². The third kappa shape index (κ3) is 3.16. The first-order valence-electron chi connectivity index (χ1n) is 8.31. The summed E-state index contributed by atoms with van der Waals surface area (Å²) in [5.41, 5.74) is 0. The van der Waals surface area contributed by atoms with E-state index in [1.165, 1.54) is 64.2 Å². The summed E-state index contributed by atoms with van der Waals surface area (Å²) in [6.07, 6.45) is 15.9. The molecule has 18 heavy (non-hydrogen) atoms. The number of carbonyl (C=O) groups is 1. The lowest BCUT2D eigenvalue weighted by Crippen LogP contribution is -2.24. The van der Waals surface area contributed by atoms with Crippen LogP contribution in [0.5, 0.6) is 0 Å². The number of carbonyl (C=O) groups excluding carboxylic acids is 1. The van der Waals surface area contributed by atoms with Gasteiger partial charge in [-0.1, -0.05) is 25.7 Å². The van der Waals surface area contributed by atoms with Crippen LogP contribution in [0.3, 0.4) is 0 Å². The van der Waals surface area contributed by atoms with Gasteiger partial charge in [-0.3, -0.25) is 4.79 Å². The van der Waals surface area contributed by atoms with Crippen LogP contribution in [-0.4, -0.2) is 5.78 Å². The van der Waals surface area contributed by atoms with Gasteiger partial charge in [0.25, 0.3) is 0 Å². The topological polar surface area (TPSA) is 17.1 Å². The number of Topliss-reactive ketones (excluding diaryl/α,β-unsaturated/α-hetero) is 1. The fraction of sp³-hybridized carbons (Fsp3) is 0.941. The van der Waals surface area contributed by atoms with Crippen LogP contribution in [0.15, 0.2) is 0 Å². The van der Waals surface area contributed by atoms with E-state index in [1.807, 2.05) is 0 Å². The maximum atomic E-state index is 11.8. The van der Waals surface area contributed by atoms with E-state index in [9.17, 15) is 4.79 Å². The highest BCUT2D eigenvalue weighted by atomic mass is 16.1. The molecule has 0 spiro atoms. The van der Waals surface area contributed by atoms with E-state index >= 15 is 0 Å². The fourth-order valence-corrected chi connectivity index (χ4v) is 4.93. The molecule has 4 atom stereocenters. The number of hydrogen-bond acceptors (Lipinski definition) is 1. The van der Waals surface area contributed by atoms with Crippen molar-refractivity contribution < 1.29 is 4.79 Å². The molecule has 4 bridgehead atoms. The molecule has 1 heteroatoms. The summed E-state index contributed by atoms with van der Waals surface area (Å²) < 4.78 is 0. The smallest absolute Gasteiger partial charge is 0.132 e. The Bertz CT molecular complexity index is 270. The lowest BCUT2D eigenvalue weighted by Gasteiger charge is -2.34. The molecule has 0 radical (unpaired) electrons. The van der Waals surface area contributed by atoms with Crippen molar-refractivity contribution in [3.8, 4) is 0 Å². The summed E-state index contributed by atoms with van der Waals surface area (Å²) in [7, 11) is 0. The Kier molecular flexibility index (Phi) is 4.06. The average Bonchev–Trinajstić information content (AvgIpc) is 2.55. The predicted octanol–water partition coefficient (Wildman–Crippen LogP) is 4.74. The van der Waals surface area contributed by atoms with E-state index in [0.717, 1.165) is 36.5 Å². The van der Waals surface area contributed by atoms with Crippen molar-refractivity contribution in [3.05, 3.63) is 0 Å². The minimum absolute atomic E-state index is 0.549. The van der Waals surface area contributed by atoms with Gasteiger partial charge in [0.05, 0.1) is 0 Å². The van der Waals surface area contributed by atoms with Crippen molar-refractivity contribution in [1.82, 2.24) is 0 Å². The molecule has 102 valence electrons. The van der Waals surface area contributed by atoms with Gasteiger partial charge in [0.2, 0.25) is 0 Å². The molecule has 3 rings (SSSR count). The molecule has 0 amide bonds. The van der Waals surface area contributed by atoms with Crippen LogP contribution >= 0.6 is 0 Å². The molecule has 0 N–H and O–H groups in total. The third-order valence-electron chi connectivity index (χ3n) is 5.80. The molecular formula is C17H28O. The van der Waals surface area contributed by atoms with Crippen LogP contribution in [0.2, 0.25) is 0 Å². The normalized spacial score (nSPS) is 42.1. The summed E-state index contributed by atoms with van der Waals surface area (Å²) in [6, 6.07) is 0. The van der Waals surface area contributed by atoms with Crippen molar-refractivity contribution in [2.75, 3.05) is 0 Å². The first kappa shape index (κ1) is 12.7. The average molecular weight is 248 g/mol. The predicted molar refractivity (Wildman–Crippen MR) is 74.4 cm³/mol. The zero-order valence-electron chi connectivity index (χ0n) is 11.7. The van der Waals surface area contributed by atoms with Gasteiger partial charge in [-0.15, -0.1) is 0 Å². The summed E-state index contributed by atoms with van der Waals surface area (Å²) in [5, 5.41) is 0. The van der Waals surface area contributed by atoms with Gasteiger partial charge in [0.1, 0.15) is 5.78 Å². The van der Waals surface area contributed by atoms with Crippen molar-refractivity contribution in [1.29, 1.82) is 0 Å². The summed E-state index contributed by atoms with van der Waals surface area (Å²) >= 11 is 0. The van der Waals surface area contributed by atoms with E-state index in [4.69, 9.17) is 0 Å². The minimum Gasteiger partial charge on any atom is -0.300 e. The second kappa shape index (κ2) is 5.75. The number of fused-ring (bicyclic) bond motifs is 4. The second-order valence-electron chi connectivity index (χ2n) is 7.31. The molecule has 0 aromatic heterocycles. The van der Waals surface area contributed by atoms with Crippen molar-refractivity contribution >= 4 is 5.78 Å². The lowest BCUT2D eigenvalue weighted by atomic mass is 9.71. The van der Waals surface area contributed by atoms with Crippen LogP contribution in [0, 0.1) is 23.7 Å². The summed E-state index contributed by atoms with van der Waals surface area (Å²) in [6.45, 7) is 0. The molecular weight excluding hydrogens is 220 g/mol. The number of ketones is 1. The molecule has 0 aromatic rings. The highest BCUT2D eigenvalue weighted by Gasteiger charge is 2.31. The van der Waals surface area contributed by atoms with Gasteiger partial charge in [-0.25, -0.2) is 0 Å². The van der Waals surface area contributed by atoms with Gasteiger partial charge in [-0.2, -0.15) is 0 Å². The molecule has 0 aliphatic heterocycles. The van der Waals surface area contributed by atoms with E-state index in [0.29, 0.717) is 5.78 Å². The Morgan fingerprint density at radius 2 is 1.00 bits per heavy atom. The molecule has 0 heterocycles. The van der Waals surface area contributed by atoms with Crippen LogP contribution in [0.4, 0.5) is 0 Å². The van der Waals surface area contributed by atoms with E-state index in [-0.39, 0.29) is 0 Å². The molecule has 0 saturated heterocycles. The van der Waals surface area contributed by atoms with Crippen LogP contribution in [0.25, 0.3) is 0 Å². The maximum Gasteiger partial charge on any atom is 0.132 e. The first-order valence-corrected chi connectivity index (χ1v) is 8.31. The molecule has 0 unspecified atom stereocenters. The van der Waals surface area contributed by atoms with Crippen LogP contribution in [0.1, 0.15) is 77.0 Å². The van der Waals surface area contributed by atoms with Gasteiger partial charge in [0.15, 0.2) is 0 Å². The van der Waals surface area contributed by atoms with E-state index < -0.39 is 0 Å². The SMILES string of the molecule is O=C1CC[C@@H]2C[C@H]3CCCC[C@@H](C3)C[C@H](CC1)C2. The van der Waals surface area contributed by atoms with Crippen LogP contribution in [-0.2, 0) is 4.79 Å². The number of hydrogen-bond donors (Lipinski definition) is 0. The maximum absolute atomic E-state index is 11.8. The lowest BCUT2D eigenvalue weighted by molar-refractivity contribution is -0.120. The fourth-order valence-electron chi connectivity index (χ4n) is 4.93.